The summed E-state index contributed by atoms with van der Waals surface area (Å²) in [6, 6.07) is 0. The number of nitrogens with one attached hydrogen (secondary N) is 1. The smallest absolute Gasteiger partial charge is 0.414 e. The highest BCUT2D eigenvalue weighted by molar-refractivity contribution is 6.27. The normalized spacial score (nSPS) is 23.9. The van der Waals surface area contributed by atoms with E-state index in [-0.39, 0.29) is 11.6 Å². The second-order valence-electron chi connectivity index (χ2n) is 6.50. The molecule has 0 radical (unpaired) electrons. The first-order valence-electron chi connectivity index (χ1n) is 7.25. The number of carbonyl (C=O) groups is 3. The fourth-order valence-electron chi connectivity index (χ4n) is 2.71. The zero-order valence-corrected chi connectivity index (χ0v) is 13.2. The first kappa shape index (κ1) is 18.2. The summed E-state index contributed by atoms with van der Waals surface area (Å²) in [7, 11) is 0. The van der Waals surface area contributed by atoms with Crippen LogP contribution in [0, 0.1) is 0 Å². The minimum atomic E-state index is -1.82. The first-order valence-corrected chi connectivity index (χ1v) is 7.25. The minimum Gasteiger partial charge on any atom is -0.473 e. The van der Waals surface area contributed by atoms with Crippen LogP contribution in [0.3, 0.4) is 0 Å². The quantitative estimate of drug-likeness (QED) is 0.569. The van der Waals surface area contributed by atoms with Gasteiger partial charge >= 0.3 is 18.0 Å². The van der Waals surface area contributed by atoms with Gasteiger partial charge in [-0.1, -0.05) is 0 Å². The van der Waals surface area contributed by atoms with Crippen molar-refractivity contribution in [1.29, 1.82) is 0 Å². The second-order valence-corrected chi connectivity index (χ2v) is 6.50. The van der Waals surface area contributed by atoms with Crippen LogP contribution >= 0.6 is 0 Å². The van der Waals surface area contributed by atoms with Gasteiger partial charge in [-0.25, -0.2) is 14.4 Å². The van der Waals surface area contributed by atoms with Crippen LogP contribution in [0.1, 0.15) is 40.0 Å². The highest BCUT2D eigenvalue weighted by Gasteiger charge is 2.46. The largest absolute Gasteiger partial charge is 0.473 e. The number of hydrogen-bond donors (Lipinski definition) is 3. The summed E-state index contributed by atoms with van der Waals surface area (Å²) in [5.74, 6) is -3.65. The van der Waals surface area contributed by atoms with Crippen molar-refractivity contribution in [2.24, 2.45) is 0 Å². The number of carboxylic acid groups (broad SMARTS) is 2. The Hall–Kier alpha value is -1.83. The molecule has 0 aliphatic carbocycles. The van der Waals surface area contributed by atoms with Crippen LogP contribution < -0.4 is 5.32 Å². The van der Waals surface area contributed by atoms with Crippen molar-refractivity contribution in [3.63, 3.8) is 0 Å². The number of amides is 1. The molecule has 0 aromatic rings. The topological polar surface area (TPSA) is 116 Å². The molecule has 2 fully saturated rings. The number of ether oxygens (including phenoxy) is 1. The molecule has 0 aromatic heterocycles. The van der Waals surface area contributed by atoms with Crippen molar-refractivity contribution in [1.82, 2.24) is 10.2 Å². The zero-order valence-electron chi connectivity index (χ0n) is 13.2. The molecule has 2 rings (SSSR count). The Balaban J connectivity index is 0.000000346. The third kappa shape index (κ3) is 4.87. The van der Waals surface area contributed by atoms with E-state index in [1.807, 2.05) is 25.7 Å². The van der Waals surface area contributed by atoms with Crippen LogP contribution in [-0.2, 0) is 14.3 Å². The van der Waals surface area contributed by atoms with E-state index in [9.17, 15) is 4.79 Å². The molecule has 2 heterocycles. The number of nitrogens with zero attached hydrogens (tertiary/aromatic N) is 1. The lowest BCUT2D eigenvalue weighted by Crippen LogP contribution is -2.50. The average molecular weight is 316 g/mol. The van der Waals surface area contributed by atoms with E-state index < -0.39 is 17.5 Å². The molecule has 2 aliphatic heterocycles. The lowest BCUT2D eigenvalue weighted by Gasteiger charge is -2.35. The summed E-state index contributed by atoms with van der Waals surface area (Å²) in [6.45, 7) is 8.53. The predicted molar refractivity (Wildman–Crippen MR) is 77.7 cm³/mol. The van der Waals surface area contributed by atoms with Gasteiger partial charge in [-0.3, -0.25) is 0 Å². The van der Waals surface area contributed by atoms with Gasteiger partial charge in [0.25, 0.3) is 0 Å². The van der Waals surface area contributed by atoms with E-state index in [1.54, 1.807) is 0 Å². The number of carboxylic acids is 2. The molecule has 1 atom stereocenters. The monoisotopic (exact) mass is 316 g/mol. The summed E-state index contributed by atoms with van der Waals surface area (Å²) in [5.41, 5.74) is -0.352. The van der Waals surface area contributed by atoms with Crippen LogP contribution in [0.4, 0.5) is 4.79 Å². The molecule has 0 bridgehead atoms. The van der Waals surface area contributed by atoms with Crippen molar-refractivity contribution in [2.45, 2.75) is 51.2 Å². The van der Waals surface area contributed by atoms with Gasteiger partial charge in [0, 0.05) is 13.1 Å². The molecule has 3 N–H and O–H groups in total. The maximum Gasteiger partial charge on any atom is 0.414 e. The standard InChI is InChI=1S/C12H22N2O2.C2H2O4/c1-11(2,3)16-10(15)14-8-4-5-12(14)6-7-13-9-12;3-1(4)2(5)6/h13H,4-9H2,1-3H3;(H,3,4)(H,5,6). The van der Waals surface area contributed by atoms with Gasteiger partial charge in [0.15, 0.2) is 0 Å². The highest BCUT2D eigenvalue weighted by Crippen LogP contribution is 2.35. The van der Waals surface area contributed by atoms with Gasteiger partial charge in [-0.15, -0.1) is 0 Å². The third-order valence-corrected chi connectivity index (χ3v) is 3.61. The predicted octanol–water partition coefficient (Wildman–Crippen LogP) is 0.905. The van der Waals surface area contributed by atoms with Crippen LogP contribution in [0.2, 0.25) is 0 Å². The molecule has 0 saturated carbocycles. The lowest BCUT2D eigenvalue weighted by molar-refractivity contribution is -0.159. The fraction of sp³-hybridized carbons (Fsp3) is 0.786. The molecule has 2 saturated heterocycles. The second kappa shape index (κ2) is 6.95. The number of carbonyl (C=O) groups excluding carboxylic acids is 1. The van der Waals surface area contributed by atoms with Crippen molar-refractivity contribution in [3.8, 4) is 0 Å². The summed E-state index contributed by atoms with van der Waals surface area (Å²) in [4.78, 5) is 32.2. The van der Waals surface area contributed by atoms with Gasteiger partial charge in [0.1, 0.15) is 5.60 Å². The van der Waals surface area contributed by atoms with E-state index in [0.29, 0.717) is 0 Å². The summed E-state index contributed by atoms with van der Waals surface area (Å²) < 4.78 is 5.47. The average Bonchev–Trinajstić information content (AvgIpc) is 2.99. The van der Waals surface area contributed by atoms with Gasteiger partial charge in [0.05, 0.1) is 5.54 Å². The zero-order chi connectivity index (χ0) is 17.0. The van der Waals surface area contributed by atoms with Crippen molar-refractivity contribution < 1.29 is 29.3 Å². The Bertz CT molecular complexity index is 420. The SMILES string of the molecule is CC(C)(C)OC(=O)N1CCCC12CCNC2.O=C(O)C(=O)O. The molecular weight excluding hydrogens is 292 g/mol. The van der Waals surface area contributed by atoms with E-state index >= 15 is 0 Å². The molecule has 0 aromatic carbocycles. The molecule has 1 spiro atoms. The Morgan fingerprint density at radius 2 is 1.73 bits per heavy atom. The highest BCUT2D eigenvalue weighted by atomic mass is 16.6. The van der Waals surface area contributed by atoms with Gasteiger partial charge in [0.2, 0.25) is 0 Å². The number of aliphatic carboxylic acids is 2. The molecule has 8 heteroatoms. The maximum absolute atomic E-state index is 12.1. The molecule has 1 unspecified atom stereocenters. The van der Waals surface area contributed by atoms with Gasteiger partial charge in [-0.05, 0) is 46.6 Å². The van der Waals surface area contributed by atoms with Gasteiger partial charge in [-0.2, -0.15) is 0 Å². The van der Waals surface area contributed by atoms with Crippen LogP contribution in [0.5, 0.6) is 0 Å². The van der Waals surface area contributed by atoms with E-state index in [1.165, 1.54) is 0 Å². The van der Waals surface area contributed by atoms with Crippen molar-refractivity contribution >= 4 is 18.0 Å². The van der Waals surface area contributed by atoms with E-state index in [4.69, 9.17) is 24.5 Å². The Morgan fingerprint density at radius 3 is 2.14 bits per heavy atom. The molecule has 22 heavy (non-hydrogen) atoms. The number of likely N-dealkylation sites (tertiary alicyclic amines) is 1. The molecule has 8 nitrogen and oxygen atoms in total. The minimum absolute atomic E-state index is 0.0440. The van der Waals surface area contributed by atoms with E-state index in [2.05, 4.69) is 5.32 Å². The third-order valence-electron chi connectivity index (χ3n) is 3.61. The Labute approximate surface area is 129 Å². The summed E-state index contributed by atoms with van der Waals surface area (Å²) >= 11 is 0. The number of rotatable bonds is 0. The Morgan fingerprint density at radius 1 is 1.14 bits per heavy atom. The van der Waals surface area contributed by atoms with Gasteiger partial charge < -0.3 is 25.2 Å². The van der Waals surface area contributed by atoms with Crippen LogP contribution in [-0.4, -0.2) is 63.9 Å². The van der Waals surface area contributed by atoms with Crippen molar-refractivity contribution in [3.05, 3.63) is 0 Å². The molecular formula is C14H24N2O6. The molecule has 126 valence electrons. The summed E-state index contributed by atoms with van der Waals surface area (Å²) in [5, 5.41) is 18.1. The molecule has 2 aliphatic rings. The molecule has 1 amide bonds. The van der Waals surface area contributed by atoms with Crippen LogP contribution in [0.25, 0.3) is 0 Å². The summed E-state index contributed by atoms with van der Waals surface area (Å²) in [6.07, 6.45) is 3.13. The fourth-order valence-corrected chi connectivity index (χ4v) is 2.71. The number of hydrogen-bond acceptors (Lipinski definition) is 5. The Kier molecular flexibility index (Phi) is 5.76. The van der Waals surface area contributed by atoms with E-state index in [0.717, 1.165) is 38.9 Å². The van der Waals surface area contributed by atoms with Crippen molar-refractivity contribution in [2.75, 3.05) is 19.6 Å². The maximum atomic E-state index is 12.1. The lowest BCUT2D eigenvalue weighted by atomic mass is 9.95. The van der Waals surface area contributed by atoms with Crippen LogP contribution in [0.15, 0.2) is 0 Å². The first-order chi connectivity index (χ1) is 10.1.